The smallest absolute Gasteiger partial charge is 0.329 e. The fourth-order valence-corrected chi connectivity index (χ4v) is 3.48. The molecule has 7 heteroatoms. The lowest BCUT2D eigenvalue weighted by Crippen LogP contribution is -2.58. The zero-order valence-corrected chi connectivity index (χ0v) is 12.9. The Labute approximate surface area is 128 Å². The SMILES string of the molecule is CCC(NC(=O)NC1(C(=O)O)CCCCC1)c1nccs1. The van der Waals surface area contributed by atoms with Crippen molar-refractivity contribution in [3.05, 3.63) is 16.6 Å². The van der Waals surface area contributed by atoms with Gasteiger partial charge in [-0.25, -0.2) is 14.6 Å². The Morgan fingerprint density at radius 1 is 1.43 bits per heavy atom. The van der Waals surface area contributed by atoms with E-state index in [2.05, 4.69) is 15.6 Å². The second-order valence-electron chi connectivity index (χ2n) is 5.38. The Balaban J connectivity index is 2.00. The minimum absolute atomic E-state index is 0.181. The monoisotopic (exact) mass is 311 g/mol. The molecule has 116 valence electrons. The van der Waals surface area contributed by atoms with Crippen molar-refractivity contribution in [2.24, 2.45) is 0 Å². The summed E-state index contributed by atoms with van der Waals surface area (Å²) in [4.78, 5) is 27.9. The lowest BCUT2D eigenvalue weighted by atomic mass is 9.82. The molecule has 1 atom stereocenters. The molecule has 1 aromatic rings. The van der Waals surface area contributed by atoms with E-state index in [4.69, 9.17) is 0 Å². The molecule has 0 bridgehead atoms. The van der Waals surface area contributed by atoms with E-state index in [-0.39, 0.29) is 6.04 Å². The van der Waals surface area contributed by atoms with Gasteiger partial charge in [0.05, 0.1) is 6.04 Å². The van der Waals surface area contributed by atoms with E-state index in [1.165, 1.54) is 11.3 Å². The molecule has 2 rings (SSSR count). The number of hydrogen-bond donors (Lipinski definition) is 3. The fraction of sp³-hybridized carbons (Fsp3) is 0.643. The number of amides is 2. The predicted octanol–water partition coefficient (Wildman–Crippen LogP) is 2.68. The van der Waals surface area contributed by atoms with Crippen LogP contribution in [0.3, 0.4) is 0 Å². The van der Waals surface area contributed by atoms with Crippen LogP contribution < -0.4 is 10.6 Å². The first-order chi connectivity index (χ1) is 10.1. The van der Waals surface area contributed by atoms with Crippen molar-refractivity contribution < 1.29 is 14.7 Å². The maximum Gasteiger partial charge on any atom is 0.329 e. The van der Waals surface area contributed by atoms with Crippen LogP contribution >= 0.6 is 11.3 Å². The lowest BCUT2D eigenvalue weighted by molar-refractivity contribution is -0.145. The lowest BCUT2D eigenvalue weighted by Gasteiger charge is -2.34. The first-order valence-corrected chi connectivity index (χ1v) is 8.17. The molecule has 21 heavy (non-hydrogen) atoms. The number of hydrogen-bond acceptors (Lipinski definition) is 4. The van der Waals surface area contributed by atoms with Crippen LogP contribution in [0.2, 0.25) is 0 Å². The maximum absolute atomic E-state index is 12.2. The Morgan fingerprint density at radius 2 is 2.14 bits per heavy atom. The third kappa shape index (κ3) is 3.72. The van der Waals surface area contributed by atoms with Crippen LogP contribution in [-0.2, 0) is 4.79 Å². The molecule has 6 nitrogen and oxygen atoms in total. The van der Waals surface area contributed by atoms with Gasteiger partial charge in [0, 0.05) is 11.6 Å². The highest BCUT2D eigenvalue weighted by atomic mass is 32.1. The molecule has 0 saturated heterocycles. The summed E-state index contributed by atoms with van der Waals surface area (Å²) in [5.74, 6) is -0.945. The van der Waals surface area contributed by atoms with Crippen molar-refractivity contribution >= 4 is 23.3 Å². The highest BCUT2D eigenvalue weighted by molar-refractivity contribution is 7.09. The average Bonchev–Trinajstić information content (AvgIpc) is 2.99. The van der Waals surface area contributed by atoms with E-state index in [0.29, 0.717) is 19.3 Å². The van der Waals surface area contributed by atoms with Crippen molar-refractivity contribution in [3.63, 3.8) is 0 Å². The van der Waals surface area contributed by atoms with Gasteiger partial charge < -0.3 is 15.7 Å². The molecule has 1 aliphatic carbocycles. The van der Waals surface area contributed by atoms with Gasteiger partial charge in [0.1, 0.15) is 10.5 Å². The number of nitrogens with one attached hydrogen (secondary N) is 2. The number of carbonyl (C=O) groups excluding carboxylic acids is 1. The van der Waals surface area contributed by atoms with Gasteiger partial charge in [-0.05, 0) is 19.3 Å². The van der Waals surface area contributed by atoms with Gasteiger partial charge in [0.2, 0.25) is 0 Å². The van der Waals surface area contributed by atoms with Crippen LogP contribution in [0.15, 0.2) is 11.6 Å². The molecule has 0 spiro atoms. The van der Waals surface area contributed by atoms with Crippen LogP contribution in [0.1, 0.15) is 56.5 Å². The van der Waals surface area contributed by atoms with Gasteiger partial charge in [0.15, 0.2) is 0 Å². The highest BCUT2D eigenvalue weighted by Crippen LogP contribution is 2.28. The summed E-state index contributed by atoms with van der Waals surface area (Å²) in [5.41, 5.74) is -1.12. The second kappa shape index (κ2) is 6.89. The number of aromatic nitrogens is 1. The van der Waals surface area contributed by atoms with Crippen molar-refractivity contribution in [3.8, 4) is 0 Å². The average molecular weight is 311 g/mol. The van der Waals surface area contributed by atoms with Crippen LogP contribution in [0.5, 0.6) is 0 Å². The zero-order valence-electron chi connectivity index (χ0n) is 12.1. The van der Waals surface area contributed by atoms with E-state index in [0.717, 1.165) is 24.3 Å². The summed E-state index contributed by atoms with van der Waals surface area (Å²) < 4.78 is 0. The third-order valence-corrected chi connectivity index (χ3v) is 4.82. The van der Waals surface area contributed by atoms with Gasteiger partial charge in [-0.3, -0.25) is 0 Å². The molecule has 1 fully saturated rings. The number of carbonyl (C=O) groups is 2. The van der Waals surface area contributed by atoms with Crippen LogP contribution in [0.25, 0.3) is 0 Å². The number of carboxylic acid groups (broad SMARTS) is 1. The van der Waals surface area contributed by atoms with Gasteiger partial charge in [-0.15, -0.1) is 11.3 Å². The number of thiazole rings is 1. The third-order valence-electron chi connectivity index (χ3n) is 3.93. The Hall–Kier alpha value is -1.63. The normalized spacial score (nSPS) is 18.7. The summed E-state index contributed by atoms with van der Waals surface area (Å²) >= 11 is 1.48. The molecule has 0 radical (unpaired) electrons. The molecular weight excluding hydrogens is 290 g/mol. The number of rotatable bonds is 5. The zero-order chi connectivity index (χ0) is 15.3. The standard InChI is InChI=1S/C14H21N3O3S/c1-2-10(11-15-8-9-21-11)16-13(20)17-14(12(18)19)6-4-3-5-7-14/h8-10H,2-7H2,1H3,(H,18,19)(H2,16,17,20). The van der Waals surface area contributed by atoms with Crippen molar-refractivity contribution in [1.29, 1.82) is 0 Å². The molecule has 1 heterocycles. The van der Waals surface area contributed by atoms with E-state index >= 15 is 0 Å². The molecule has 1 saturated carbocycles. The topological polar surface area (TPSA) is 91.3 Å². The first kappa shape index (κ1) is 15.8. The Kier molecular flexibility index (Phi) is 5.17. The van der Waals surface area contributed by atoms with Crippen molar-refractivity contribution in [1.82, 2.24) is 15.6 Å². The highest BCUT2D eigenvalue weighted by Gasteiger charge is 2.41. The van der Waals surface area contributed by atoms with Gasteiger partial charge in [0.25, 0.3) is 0 Å². The van der Waals surface area contributed by atoms with E-state index < -0.39 is 17.5 Å². The number of urea groups is 1. The van der Waals surface area contributed by atoms with Crippen LogP contribution in [0.4, 0.5) is 4.79 Å². The fourth-order valence-electron chi connectivity index (χ4n) is 2.70. The summed E-state index contributed by atoms with van der Waals surface area (Å²) in [6.07, 6.45) is 6.07. The summed E-state index contributed by atoms with van der Waals surface area (Å²) in [7, 11) is 0. The van der Waals surface area contributed by atoms with Crippen LogP contribution in [0, 0.1) is 0 Å². The summed E-state index contributed by atoms with van der Waals surface area (Å²) in [5, 5.41) is 17.7. The molecule has 1 aliphatic rings. The minimum atomic E-state index is -1.12. The molecule has 1 aromatic heterocycles. The van der Waals surface area contributed by atoms with Crippen LogP contribution in [-0.4, -0.2) is 27.6 Å². The number of carboxylic acids is 1. The van der Waals surface area contributed by atoms with Crippen molar-refractivity contribution in [2.45, 2.75) is 57.0 Å². The molecular formula is C14H21N3O3S. The Morgan fingerprint density at radius 3 is 2.67 bits per heavy atom. The molecule has 3 N–H and O–H groups in total. The number of nitrogens with zero attached hydrogens (tertiary/aromatic N) is 1. The summed E-state index contributed by atoms with van der Waals surface area (Å²) in [6.45, 7) is 1.96. The maximum atomic E-state index is 12.2. The number of aliphatic carboxylic acids is 1. The van der Waals surface area contributed by atoms with E-state index in [1.807, 2.05) is 12.3 Å². The predicted molar refractivity (Wildman–Crippen MR) is 80.3 cm³/mol. The quantitative estimate of drug-likeness (QED) is 0.779. The Bertz CT molecular complexity index is 484. The molecule has 2 amide bonds. The second-order valence-corrected chi connectivity index (χ2v) is 6.30. The van der Waals surface area contributed by atoms with Crippen molar-refractivity contribution in [2.75, 3.05) is 0 Å². The summed E-state index contributed by atoms with van der Waals surface area (Å²) in [6, 6.07) is -0.610. The minimum Gasteiger partial charge on any atom is -0.480 e. The van der Waals surface area contributed by atoms with Gasteiger partial charge in [-0.2, -0.15) is 0 Å². The molecule has 0 aromatic carbocycles. The van der Waals surface area contributed by atoms with E-state index in [1.54, 1.807) is 6.20 Å². The molecule has 1 unspecified atom stereocenters. The first-order valence-electron chi connectivity index (χ1n) is 7.29. The largest absolute Gasteiger partial charge is 0.480 e. The van der Waals surface area contributed by atoms with Gasteiger partial charge in [-0.1, -0.05) is 26.2 Å². The van der Waals surface area contributed by atoms with Gasteiger partial charge >= 0.3 is 12.0 Å². The molecule has 0 aliphatic heterocycles. The van der Waals surface area contributed by atoms with E-state index in [9.17, 15) is 14.7 Å².